The summed E-state index contributed by atoms with van der Waals surface area (Å²) in [4.78, 5) is 2.36. The molecule has 0 aliphatic rings. The van der Waals surface area contributed by atoms with Crippen molar-refractivity contribution in [2.75, 3.05) is 4.90 Å². The highest BCUT2D eigenvalue weighted by molar-refractivity contribution is 6.24. The third-order valence-electron chi connectivity index (χ3n) is 10.3. The third-order valence-corrected chi connectivity index (χ3v) is 10.3. The molecule has 2 heteroatoms. The number of para-hydroxylation sites is 3. The van der Waals surface area contributed by atoms with Crippen molar-refractivity contribution >= 4 is 60.4 Å². The fraction of sp³-hybridized carbons (Fsp3) is 0. The molecule has 0 aliphatic carbocycles. The summed E-state index contributed by atoms with van der Waals surface area (Å²) in [6.07, 6.45) is 0. The van der Waals surface area contributed by atoms with Crippen LogP contribution in [0, 0.1) is 0 Å². The van der Waals surface area contributed by atoms with Crippen LogP contribution in [0.5, 0.6) is 0 Å². The summed E-state index contributed by atoms with van der Waals surface area (Å²) in [6.45, 7) is 0. The molecule has 2 nitrogen and oxygen atoms in total. The molecule has 0 radical (unpaired) electrons. The number of aromatic nitrogens is 1. The van der Waals surface area contributed by atoms with Crippen LogP contribution in [0.4, 0.5) is 17.1 Å². The van der Waals surface area contributed by atoms with Gasteiger partial charge >= 0.3 is 0 Å². The van der Waals surface area contributed by atoms with Gasteiger partial charge in [0.15, 0.2) is 0 Å². The maximum atomic E-state index is 2.44. The molecular weight excluding hydrogens is 629 g/mol. The molecule has 244 valence electrons. The monoisotopic (exact) mass is 662 g/mol. The molecule has 0 bridgehead atoms. The molecule has 0 unspecified atom stereocenters. The van der Waals surface area contributed by atoms with Gasteiger partial charge in [-0.3, -0.25) is 0 Å². The zero-order valence-electron chi connectivity index (χ0n) is 28.5. The molecule has 10 aromatic rings. The van der Waals surface area contributed by atoms with Crippen molar-refractivity contribution in [2.45, 2.75) is 0 Å². The standard InChI is InChI=1S/C50H34N2/c1-3-19-39(20-4-1)51(41-31-29-36(30-32-41)44-27-14-17-35-15-7-9-24-43(35)44)42-23-13-18-37(33-42)47-34-38-16-8-10-25-45(38)50-49(47)46-26-11-12-28-48(46)52(50)40-21-5-2-6-22-40/h1-34H. The van der Waals surface area contributed by atoms with Gasteiger partial charge in [0, 0.05) is 38.9 Å². The van der Waals surface area contributed by atoms with E-state index in [1.54, 1.807) is 0 Å². The van der Waals surface area contributed by atoms with Crippen molar-refractivity contribution in [3.63, 3.8) is 0 Å². The van der Waals surface area contributed by atoms with Gasteiger partial charge in [-0.05, 0) is 99.1 Å². The first kappa shape index (κ1) is 30.0. The molecular formula is C50H34N2. The van der Waals surface area contributed by atoms with Crippen LogP contribution in [0.3, 0.4) is 0 Å². The lowest BCUT2D eigenvalue weighted by atomic mass is 9.94. The Bertz CT molecular complexity index is 2880. The van der Waals surface area contributed by atoms with Crippen molar-refractivity contribution in [1.82, 2.24) is 4.57 Å². The lowest BCUT2D eigenvalue weighted by Crippen LogP contribution is -2.09. The fourth-order valence-corrected chi connectivity index (χ4v) is 8.01. The number of hydrogen-bond acceptors (Lipinski definition) is 1. The first-order valence-corrected chi connectivity index (χ1v) is 17.9. The van der Waals surface area contributed by atoms with Crippen molar-refractivity contribution in [3.05, 3.63) is 206 Å². The van der Waals surface area contributed by atoms with Crippen molar-refractivity contribution in [3.8, 4) is 27.9 Å². The van der Waals surface area contributed by atoms with Gasteiger partial charge in [-0.25, -0.2) is 0 Å². The molecule has 0 atom stereocenters. The summed E-state index contributed by atoms with van der Waals surface area (Å²) in [7, 11) is 0. The minimum absolute atomic E-state index is 1.11. The van der Waals surface area contributed by atoms with E-state index < -0.39 is 0 Å². The molecule has 0 aliphatic heterocycles. The molecule has 0 N–H and O–H groups in total. The van der Waals surface area contributed by atoms with E-state index in [0.29, 0.717) is 0 Å². The molecule has 9 aromatic carbocycles. The van der Waals surface area contributed by atoms with Gasteiger partial charge in [0.05, 0.1) is 11.0 Å². The molecule has 10 rings (SSSR count). The Morgan fingerprint density at radius 2 is 0.942 bits per heavy atom. The normalized spacial score (nSPS) is 11.5. The molecule has 0 saturated heterocycles. The summed E-state index contributed by atoms with van der Waals surface area (Å²) >= 11 is 0. The van der Waals surface area contributed by atoms with Gasteiger partial charge in [-0.2, -0.15) is 0 Å². The first-order valence-electron chi connectivity index (χ1n) is 17.9. The minimum Gasteiger partial charge on any atom is -0.310 e. The molecule has 0 spiro atoms. The smallest absolute Gasteiger partial charge is 0.0625 e. The average Bonchev–Trinajstić information content (AvgIpc) is 3.57. The van der Waals surface area contributed by atoms with Gasteiger partial charge in [-0.15, -0.1) is 0 Å². The van der Waals surface area contributed by atoms with Crippen LogP contribution in [-0.2, 0) is 0 Å². The lowest BCUT2D eigenvalue weighted by molar-refractivity contribution is 1.19. The second-order valence-electron chi connectivity index (χ2n) is 13.4. The van der Waals surface area contributed by atoms with Gasteiger partial charge in [0.2, 0.25) is 0 Å². The van der Waals surface area contributed by atoms with Crippen LogP contribution in [0.2, 0.25) is 0 Å². The van der Waals surface area contributed by atoms with E-state index in [1.165, 1.54) is 65.6 Å². The lowest BCUT2D eigenvalue weighted by Gasteiger charge is -2.26. The molecule has 0 saturated carbocycles. The van der Waals surface area contributed by atoms with E-state index in [1.807, 2.05) is 0 Å². The predicted octanol–water partition coefficient (Wildman–Crippen LogP) is 13.9. The Balaban J connectivity index is 1.17. The molecule has 0 fully saturated rings. The van der Waals surface area contributed by atoms with Crippen LogP contribution in [0.1, 0.15) is 0 Å². The van der Waals surface area contributed by atoms with Crippen LogP contribution in [0.25, 0.3) is 71.3 Å². The molecule has 52 heavy (non-hydrogen) atoms. The summed E-state index contributed by atoms with van der Waals surface area (Å²) in [5, 5.41) is 7.49. The number of benzene rings is 9. The molecule has 1 heterocycles. The van der Waals surface area contributed by atoms with E-state index in [2.05, 4.69) is 216 Å². The van der Waals surface area contributed by atoms with E-state index in [9.17, 15) is 0 Å². The Labute approximate surface area is 303 Å². The van der Waals surface area contributed by atoms with Gasteiger partial charge < -0.3 is 9.47 Å². The fourth-order valence-electron chi connectivity index (χ4n) is 8.01. The zero-order chi connectivity index (χ0) is 34.4. The zero-order valence-corrected chi connectivity index (χ0v) is 28.5. The third kappa shape index (κ3) is 4.96. The summed E-state index contributed by atoms with van der Waals surface area (Å²) in [5.74, 6) is 0. The van der Waals surface area contributed by atoms with Gasteiger partial charge in [0.25, 0.3) is 0 Å². The van der Waals surface area contributed by atoms with Crippen LogP contribution >= 0.6 is 0 Å². The Hall–Kier alpha value is -6.90. The molecule has 1 aromatic heterocycles. The second-order valence-corrected chi connectivity index (χ2v) is 13.4. The maximum Gasteiger partial charge on any atom is 0.0625 e. The Morgan fingerprint density at radius 1 is 0.346 bits per heavy atom. The topological polar surface area (TPSA) is 8.17 Å². The highest BCUT2D eigenvalue weighted by Crippen LogP contribution is 2.44. The number of rotatable bonds is 6. The second kappa shape index (κ2) is 12.5. The van der Waals surface area contributed by atoms with Crippen LogP contribution in [-0.4, -0.2) is 4.57 Å². The summed E-state index contributed by atoms with van der Waals surface area (Å²) < 4.78 is 2.44. The minimum atomic E-state index is 1.11. The Morgan fingerprint density at radius 3 is 1.75 bits per heavy atom. The summed E-state index contributed by atoms with van der Waals surface area (Å²) in [6, 6.07) is 74.6. The number of hydrogen-bond donors (Lipinski definition) is 0. The largest absolute Gasteiger partial charge is 0.310 e. The number of fused-ring (bicyclic) bond motifs is 6. The first-order chi connectivity index (χ1) is 25.8. The van der Waals surface area contributed by atoms with Gasteiger partial charge in [0.1, 0.15) is 0 Å². The highest BCUT2D eigenvalue weighted by atomic mass is 15.1. The van der Waals surface area contributed by atoms with E-state index in [0.717, 1.165) is 22.7 Å². The van der Waals surface area contributed by atoms with Crippen molar-refractivity contribution in [1.29, 1.82) is 0 Å². The summed E-state index contributed by atoms with van der Waals surface area (Å²) in [5.41, 5.74) is 11.8. The SMILES string of the molecule is c1ccc(N(c2ccc(-c3cccc4ccccc34)cc2)c2cccc(-c3cc4ccccc4c4c3c3ccccc3n4-c3ccccc3)c2)cc1. The Kier molecular flexibility index (Phi) is 7.18. The number of anilines is 3. The maximum absolute atomic E-state index is 2.44. The van der Waals surface area contributed by atoms with Gasteiger partial charge in [-0.1, -0.05) is 146 Å². The van der Waals surface area contributed by atoms with Crippen LogP contribution in [0.15, 0.2) is 206 Å². The predicted molar refractivity (Wildman–Crippen MR) is 221 cm³/mol. The molecule has 0 amide bonds. The quantitative estimate of drug-likeness (QED) is 0.172. The number of nitrogens with zero attached hydrogens (tertiary/aromatic N) is 2. The van der Waals surface area contributed by atoms with E-state index in [4.69, 9.17) is 0 Å². The van der Waals surface area contributed by atoms with E-state index >= 15 is 0 Å². The van der Waals surface area contributed by atoms with Crippen LogP contribution < -0.4 is 4.90 Å². The van der Waals surface area contributed by atoms with Crippen molar-refractivity contribution in [2.24, 2.45) is 0 Å². The average molecular weight is 663 g/mol. The van der Waals surface area contributed by atoms with Crippen molar-refractivity contribution < 1.29 is 0 Å². The highest BCUT2D eigenvalue weighted by Gasteiger charge is 2.20. The van der Waals surface area contributed by atoms with E-state index in [-0.39, 0.29) is 0 Å².